The van der Waals surface area contributed by atoms with E-state index < -0.39 is 0 Å². The summed E-state index contributed by atoms with van der Waals surface area (Å²) in [7, 11) is 0. The second kappa shape index (κ2) is 8.60. The van der Waals surface area contributed by atoms with Gasteiger partial charge in [0.05, 0.1) is 23.8 Å². The molecule has 2 unspecified atom stereocenters. The molecular formula is C26H32N4O3. The maximum atomic E-state index is 13.4. The van der Waals surface area contributed by atoms with Gasteiger partial charge in [-0.05, 0) is 87.0 Å². The largest absolute Gasteiger partial charge is 0.381 e. The molecule has 0 spiro atoms. The smallest absolute Gasteiger partial charge is 0.254 e. The van der Waals surface area contributed by atoms with Gasteiger partial charge in [-0.2, -0.15) is 5.10 Å². The summed E-state index contributed by atoms with van der Waals surface area (Å²) in [5, 5.41) is 7.37. The summed E-state index contributed by atoms with van der Waals surface area (Å²) < 4.78 is 7.07. The quantitative estimate of drug-likeness (QED) is 0.770. The van der Waals surface area contributed by atoms with Crippen molar-refractivity contribution < 1.29 is 14.3 Å². The van der Waals surface area contributed by atoms with Gasteiger partial charge in [-0.3, -0.25) is 9.59 Å². The first-order valence-electron chi connectivity index (χ1n) is 12.5. The molecule has 5 aliphatic rings. The van der Waals surface area contributed by atoms with Crippen LogP contribution in [0.3, 0.4) is 0 Å². The molecule has 7 nitrogen and oxygen atoms in total. The maximum absolute atomic E-state index is 13.4. The van der Waals surface area contributed by atoms with Crippen molar-refractivity contribution in [1.82, 2.24) is 14.7 Å². The van der Waals surface area contributed by atoms with E-state index in [1.54, 1.807) is 10.9 Å². The SMILES string of the molecule is O=C(Nc1cnn(-c2ccc(C(=O)N3CC4C[C@@H]5CC3C[C@H](C4)C5)cc2)c1)C1CCOCC1. The fraction of sp³-hybridized carbons (Fsp3) is 0.577. The molecule has 4 atom stereocenters. The number of benzene rings is 1. The van der Waals surface area contributed by atoms with Gasteiger partial charge in [0.25, 0.3) is 5.91 Å². The second-order valence-electron chi connectivity index (χ2n) is 10.5. The van der Waals surface area contributed by atoms with Crippen molar-refractivity contribution in [3.05, 3.63) is 42.2 Å². The van der Waals surface area contributed by atoms with Gasteiger partial charge in [0.1, 0.15) is 0 Å². The van der Waals surface area contributed by atoms with Crippen LogP contribution in [0, 0.1) is 23.7 Å². The summed E-state index contributed by atoms with van der Waals surface area (Å²) in [6.07, 6.45) is 11.4. The van der Waals surface area contributed by atoms with Crippen LogP contribution in [-0.2, 0) is 9.53 Å². The Bertz CT molecular complexity index is 1010. The Labute approximate surface area is 194 Å². The van der Waals surface area contributed by atoms with Crippen molar-refractivity contribution in [1.29, 1.82) is 0 Å². The second-order valence-corrected chi connectivity index (χ2v) is 10.5. The highest BCUT2D eigenvalue weighted by Crippen LogP contribution is 2.47. The lowest BCUT2D eigenvalue weighted by Crippen LogP contribution is -2.42. The molecule has 33 heavy (non-hydrogen) atoms. The molecule has 2 aromatic rings. The van der Waals surface area contributed by atoms with E-state index in [0.29, 0.717) is 30.9 Å². The van der Waals surface area contributed by atoms with Crippen LogP contribution in [0.5, 0.6) is 0 Å². The lowest BCUT2D eigenvalue weighted by molar-refractivity contribution is -0.122. The van der Waals surface area contributed by atoms with Crippen LogP contribution in [0.4, 0.5) is 5.69 Å². The third-order valence-electron chi connectivity index (χ3n) is 8.19. The van der Waals surface area contributed by atoms with Crippen LogP contribution in [0.2, 0.25) is 0 Å². The molecule has 2 amide bonds. The zero-order valence-corrected chi connectivity index (χ0v) is 19.0. The molecule has 4 heterocycles. The van der Waals surface area contributed by atoms with Gasteiger partial charge in [-0.1, -0.05) is 0 Å². The van der Waals surface area contributed by atoms with E-state index >= 15 is 0 Å². The first-order valence-corrected chi connectivity index (χ1v) is 12.5. The highest BCUT2D eigenvalue weighted by Gasteiger charge is 2.44. The molecule has 3 aliphatic heterocycles. The number of aromatic nitrogens is 2. The van der Waals surface area contributed by atoms with E-state index in [1.165, 1.54) is 32.1 Å². The minimum atomic E-state index is -0.00301. The highest BCUT2D eigenvalue weighted by molar-refractivity contribution is 5.95. The third kappa shape index (κ3) is 4.19. The minimum Gasteiger partial charge on any atom is -0.381 e. The summed E-state index contributed by atoms with van der Waals surface area (Å²) in [6.45, 7) is 2.21. The number of nitrogens with zero attached hydrogens (tertiary/aromatic N) is 3. The molecule has 174 valence electrons. The van der Waals surface area contributed by atoms with Crippen LogP contribution in [0.15, 0.2) is 36.7 Å². The molecule has 4 bridgehead atoms. The molecule has 1 N–H and O–H groups in total. The number of amides is 2. The van der Waals surface area contributed by atoms with Gasteiger partial charge < -0.3 is 15.0 Å². The molecule has 7 heteroatoms. The monoisotopic (exact) mass is 448 g/mol. The van der Waals surface area contributed by atoms with E-state index in [0.717, 1.165) is 42.5 Å². The zero-order valence-electron chi connectivity index (χ0n) is 19.0. The average molecular weight is 449 g/mol. The van der Waals surface area contributed by atoms with Crippen molar-refractivity contribution in [2.75, 3.05) is 25.1 Å². The molecule has 1 aromatic heterocycles. The Morgan fingerprint density at radius 2 is 1.64 bits per heavy atom. The summed E-state index contributed by atoms with van der Waals surface area (Å²) in [5.74, 6) is 2.53. The fourth-order valence-corrected chi connectivity index (χ4v) is 6.69. The normalized spacial score (nSPS) is 29.2. The summed E-state index contributed by atoms with van der Waals surface area (Å²) >= 11 is 0. The predicted octanol–water partition coefficient (Wildman–Crippen LogP) is 3.89. The average Bonchev–Trinajstić information content (AvgIpc) is 3.21. The number of hydrogen-bond donors (Lipinski definition) is 1. The molecule has 5 fully saturated rings. The van der Waals surface area contributed by atoms with E-state index in [4.69, 9.17) is 4.74 Å². The molecule has 2 saturated carbocycles. The lowest BCUT2D eigenvalue weighted by atomic mass is 9.68. The van der Waals surface area contributed by atoms with Crippen molar-refractivity contribution in [2.45, 2.75) is 51.0 Å². The number of hydrogen-bond acceptors (Lipinski definition) is 4. The number of carbonyl (C=O) groups excluding carboxylic acids is 2. The van der Waals surface area contributed by atoms with E-state index in [-0.39, 0.29) is 17.7 Å². The van der Waals surface area contributed by atoms with Gasteiger partial charge in [0.15, 0.2) is 0 Å². The van der Waals surface area contributed by atoms with Crippen LogP contribution >= 0.6 is 0 Å². The van der Waals surface area contributed by atoms with E-state index in [1.807, 2.05) is 30.5 Å². The number of carbonyl (C=O) groups is 2. The summed E-state index contributed by atoms with van der Waals surface area (Å²) in [6, 6.07) is 8.11. The Kier molecular flexibility index (Phi) is 5.45. The van der Waals surface area contributed by atoms with Crippen molar-refractivity contribution in [3.63, 3.8) is 0 Å². The number of nitrogens with one attached hydrogen (secondary N) is 1. The topological polar surface area (TPSA) is 76.5 Å². The Morgan fingerprint density at radius 3 is 2.36 bits per heavy atom. The van der Waals surface area contributed by atoms with Crippen molar-refractivity contribution in [2.24, 2.45) is 23.7 Å². The number of fused-ring (bicyclic) bond motifs is 1. The Balaban J connectivity index is 1.13. The number of anilines is 1. The van der Waals surface area contributed by atoms with Gasteiger partial charge in [0.2, 0.25) is 5.91 Å². The van der Waals surface area contributed by atoms with E-state index in [2.05, 4.69) is 15.3 Å². The molecule has 1 aromatic carbocycles. The van der Waals surface area contributed by atoms with Crippen LogP contribution in [0.25, 0.3) is 5.69 Å². The molecule has 2 aliphatic carbocycles. The molecule has 0 radical (unpaired) electrons. The minimum absolute atomic E-state index is 0.00301. The van der Waals surface area contributed by atoms with E-state index in [9.17, 15) is 9.59 Å². The lowest BCUT2D eigenvalue weighted by Gasteiger charge is -2.39. The van der Waals surface area contributed by atoms with Crippen LogP contribution < -0.4 is 5.32 Å². The predicted molar refractivity (Wildman–Crippen MR) is 124 cm³/mol. The maximum Gasteiger partial charge on any atom is 0.254 e. The Hall–Kier alpha value is -2.67. The number of rotatable bonds is 4. The van der Waals surface area contributed by atoms with Gasteiger partial charge in [-0.15, -0.1) is 0 Å². The summed E-state index contributed by atoms with van der Waals surface area (Å²) in [5.41, 5.74) is 2.30. The highest BCUT2D eigenvalue weighted by atomic mass is 16.5. The standard InChI is InChI=1S/C26H32N4O3/c31-25(20-5-7-33-8-6-20)28-22-14-27-30(16-22)23-3-1-21(2-4-23)26(32)29-15-19-10-17-9-18(11-19)13-24(29)12-17/h1-4,14,16-20,24H,5-13,15H2,(H,28,31)/t17-,18+,19?,24?. The zero-order chi connectivity index (χ0) is 22.4. The van der Waals surface area contributed by atoms with Crippen LogP contribution in [-0.4, -0.2) is 52.3 Å². The Morgan fingerprint density at radius 1 is 0.939 bits per heavy atom. The van der Waals surface area contributed by atoms with Crippen LogP contribution in [0.1, 0.15) is 55.3 Å². The number of ether oxygens (including phenoxy) is 1. The van der Waals surface area contributed by atoms with Gasteiger partial charge in [-0.25, -0.2) is 4.68 Å². The first-order chi connectivity index (χ1) is 16.1. The molecule has 3 saturated heterocycles. The van der Waals surface area contributed by atoms with Crippen molar-refractivity contribution >= 4 is 17.5 Å². The van der Waals surface area contributed by atoms with Gasteiger partial charge >= 0.3 is 0 Å². The van der Waals surface area contributed by atoms with Gasteiger partial charge in [0, 0.05) is 37.3 Å². The summed E-state index contributed by atoms with van der Waals surface area (Å²) in [4.78, 5) is 28.0. The van der Waals surface area contributed by atoms with Crippen molar-refractivity contribution in [3.8, 4) is 5.69 Å². The fourth-order valence-electron chi connectivity index (χ4n) is 6.69. The molecule has 7 rings (SSSR count). The third-order valence-corrected chi connectivity index (χ3v) is 8.19. The molecular weight excluding hydrogens is 416 g/mol. The first kappa shape index (κ1) is 20.9.